The molecule has 30 heavy (non-hydrogen) atoms. The van der Waals surface area contributed by atoms with Crippen molar-refractivity contribution in [3.8, 4) is 11.5 Å². The van der Waals surface area contributed by atoms with Gasteiger partial charge in [0, 0.05) is 23.0 Å². The molecule has 0 bridgehead atoms. The van der Waals surface area contributed by atoms with Crippen LogP contribution in [0.1, 0.15) is 40.7 Å². The van der Waals surface area contributed by atoms with Crippen LogP contribution in [0, 0.1) is 5.92 Å². The summed E-state index contributed by atoms with van der Waals surface area (Å²) >= 11 is 6.23. The molecule has 0 saturated carbocycles. The Morgan fingerprint density at radius 3 is 2.47 bits per heavy atom. The molecule has 3 rings (SSSR count). The monoisotopic (exact) mass is 451 g/mol. The zero-order valence-corrected chi connectivity index (χ0v) is 19.5. The van der Waals surface area contributed by atoms with E-state index >= 15 is 0 Å². The van der Waals surface area contributed by atoms with Crippen molar-refractivity contribution in [2.75, 3.05) is 34.4 Å². The number of Topliss-reactive ketones (excluding diaryl/α,β-unsaturated/α-hetero) is 1. The Bertz CT molecular complexity index is 856. The average Bonchev–Trinajstić information content (AvgIpc) is 3.04. The number of halogens is 2. The Labute approximate surface area is 190 Å². The molecule has 0 fully saturated rings. The second-order valence-corrected chi connectivity index (χ2v) is 8.18. The summed E-state index contributed by atoms with van der Waals surface area (Å²) in [6.07, 6.45) is 4.82. The highest BCUT2D eigenvalue weighted by Crippen LogP contribution is 2.38. The van der Waals surface area contributed by atoms with Crippen molar-refractivity contribution < 1.29 is 14.3 Å². The lowest BCUT2D eigenvalue weighted by Gasteiger charge is -2.17. The van der Waals surface area contributed by atoms with E-state index in [1.165, 1.54) is 5.56 Å². The summed E-state index contributed by atoms with van der Waals surface area (Å²) in [5.74, 6) is 1.64. The lowest BCUT2D eigenvalue weighted by atomic mass is 9.98. The van der Waals surface area contributed by atoms with Gasteiger partial charge in [-0.2, -0.15) is 0 Å². The molecule has 1 unspecified atom stereocenters. The average molecular weight is 452 g/mol. The number of carbonyl (C=O) groups excluding carboxylic acids is 1. The zero-order valence-electron chi connectivity index (χ0n) is 17.9. The minimum Gasteiger partial charge on any atom is -0.493 e. The van der Waals surface area contributed by atoms with E-state index in [-0.39, 0.29) is 24.1 Å². The number of ketones is 1. The van der Waals surface area contributed by atoms with Crippen LogP contribution in [0.4, 0.5) is 0 Å². The molecular formula is C24H31Cl2NO3. The van der Waals surface area contributed by atoms with Crippen LogP contribution in [0.2, 0.25) is 5.02 Å². The predicted molar refractivity (Wildman–Crippen MR) is 125 cm³/mol. The lowest BCUT2D eigenvalue weighted by molar-refractivity contribution is 0.0928. The number of ether oxygens (including phenoxy) is 2. The minimum atomic E-state index is 0. The summed E-state index contributed by atoms with van der Waals surface area (Å²) in [5.41, 5.74) is 3.07. The van der Waals surface area contributed by atoms with Gasteiger partial charge < -0.3 is 14.4 Å². The summed E-state index contributed by atoms with van der Waals surface area (Å²) in [6, 6.07) is 11.8. The van der Waals surface area contributed by atoms with Crippen molar-refractivity contribution in [3.63, 3.8) is 0 Å². The van der Waals surface area contributed by atoms with Gasteiger partial charge in [-0.15, -0.1) is 12.4 Å². The maximum Gasteiger partial charge on any atom is 0.166 e. The van der Waals surface area contributed by atoms with E-state index in [1.807, 2.05) is 30.3 Å². The fourth-order valence-electron chi connectivity index (χ4n) is 4.03. The molecule has 4 nitrogen and oxygen atoms in total. The van der Waals surface area contributed by atoms with Crippen molar-refractivity contribution in [3.05, 3.63) is 58.1 Å². The third-order valence-electron chi connectivity index (χ3n) is 5.78. The molecule has 0 saturated heterocycles. The largest absolute Gasteiger partial charge is 0.493 e. The maximum absolute atomic E-state index is 12.8. The summed E-state index contributed by atoms with van der Waals surface area (Å²) < 4.78 is 10.7. The Morgan fingerprint density at radius 2 is 1.77 bits per heavy atom. The Morgan fingerprint density at radius 1 is 1.07 bits per heavy atom. The van der Waals surface area contributed by atoms with Gasteiger partial charge in [-0.3, -0.25) is 4.79 Å². The number of rotatable bonds is 10. The first-order chi connectivity index (χ1) is 14.0. The molecule has 0 amide bonds. The Hall–Kier alpha value is -1.75. The van der Waals surface area contributed by atoms with Gasteiger partial charge in [0.2, 0.25) is 0 Å². The molecule has 6 heteroatoms. The van der Waals surface area contributed by atoms with Crippen LogP contribution in [-0.2, 0) is 12.8 Å². The first-order valence-electron chi connectivity index (χ1n) is 10.2. The number of methoxy groups -OCH3 is 2. The topological polar surface area (TPSA) is 38.8 Å². The minimum absolute atomic E-state index is 0. The first kappa shape index (κ1) is 24.5. The van der Waals surface area contributed by atoms with Crippen molar-refractivity contribution in [2.24, 2.45) is 5.92 Å². The molecule has 1 aliphatic carbocycles. The van der Waals surface area contributed by atoms with Crippen LogP contribution in [0.15, 0.2) is 36.4 Å². The van der Waals surface area contributed by atoms with E-state index in [0.717, 1.165) is 61.3 Å². The van der Waals surface area contributed by atoms with Gasteiger partial charge in [-0.05, 0) is 68.6 Å². The fraction of sp³-hybridized carbons (Fsp3) is 0.458. The molecule has 1 atom stereocenters. The van der Waals surface area contributed by atoms with Crippen molar-refractivity contribution in [1.29, 1.82) is 0 Å². The van der Waals surface area contributed by atoms with E-state index in [2.05, 4.69) is 18.0 Å². The highest BCUT2D eigenvalue weighted by molar-refractivity contribution is 6.31. The predicted octanol–water partition coefficient (Wildman–Crippen LogP) is 5.48. The second-order valence-electron chi connectivity index (χ2n) is 7.77. The molecule has 164 valence electrons. The van der Waals surface area contributed by atoms with Gasteiger partial charge in [-0.1, -0.05) is 36.2 Å². The third kappa shape index (κ3) is 5.90. The van der Waals surface area contributed by atoms with Gasteiger partial charge in [0.25, 0.3) is 0 Å². The summed E-state index contributed by atoms with van der Waals surface area (Å²) in [6.45, 7) is 2.01. The number of fused-ring (bicyclic) bond motifs is 1. The van der Waals surface area contributed by atoms with Crippen LogP contribution >= 0.6 is 24.0 Å². The van der Waals surface area contributed by atoms with Gasteiger partial charge in [0.1, 0.15) is 0 Å². The number of nitrogens with zero attached hydrogens (tertiary/aromatic N) is 1. The summed E-state index contributed by atoms with van der Waals surface area (Å²) in [5, 5.41) is 0.841. The maximum atomic E-state index is 12.8. The van der Waals surface area contributed by atoms with Gasteiger partial charge in [0.05, 0.1) is 14.2 Å². The van der Waals surface area contributed by atoms with Crippen molar-refractivity contribution >= 4 is 29.8 Å². The quantitative estimate of drug-likeness (QED) is 0.448. The van der Waals surface area contributed by atoms with Gasteiger partial charge in [-0.25, -0.2) is 0 Å². The molecule has 0 aromatic heterocycles. The molecule has 2 aromatic rings. The summed E-state index contributed by atoms with van der Waals surface area (Å²) in [7, 11) is 5.37. The van der Waals surface area contributed by atoms with E-state index in [1.54, 1.807) is 14.2 Å². The van der Waals surface area contributed by atoms with E-state index in [9.17, 15) is 4.79 Å². The SMILES string of the molecule is COc1cc2c(cc1OC)C(=O)C(CCCCN(C)CCc1ccccc1Cl)C2.Cl. The molecular weight excluding hydrogens is 421 g/mol. The van der Waals surface area contributed by atoms with Crippen LogP contribution in [0.3, 0.4) is 0 Å². The summed E-state index contributed by atoms with van der Waals surface area (Å²) in [4.78, 5) is 15.1. The zero-order chi connectivity index (χ0) is 20.8. The van der Waals surface area contributed by atoms with Gasteiger partial charge >= 0.3 is 0 Å². The number of unbranched alkanes of at least 4 members (excludes halogenated alkanes) is 1. The fourth-order valence-corrected chi connectivity index (χ4v) is 4.26. The normalized spacial score (nSPS) is 15.1. The second kappa shape index (κ2) is 11.6. The highest BCUT2D eigenvalue weighted by Gasteiger charge is 2.31. The van der Waals surface area contributed by atoms with Crippen molar-refractivity contribution in [2.45, 2.75) is 32.1 Å². The lowest BCUT2D eigenvalue weighted by Crippen LogP contribution is -2.22. The Balaban J connectivity index is 0.00000320. The molecule has 2 aromatic carbocycles. The van der Waals surface area contributed by atoms with Gasteiger partial charge in [0.15, 0.2) is 17.3 Å². The van der Waals surface area contributed by atoms with Crippen LogP contribution < -0.4 is 9.47 Å². The molecule has 0 N–H and O–H groups in total. The van der Waals surface area contributed by atoms with Crippen LogP contribution in [0.5, 0.6) is 11.5 Å². The standard InChI is InChI=1S/C24H30ClNO3.ClH/c1-26(13-11-17-8-4-5-10-21(17)25)12-7-6-9-18-14-19-15-22(28-2)23(29-3)16-20(19)24(18)27;/h4-5,8,10,15-16,18H,6-7,9,11-14H2,1-3H3;1H. The number of hydrogen-bond donors (Lipinski definition) is 0. The number of benzene rings is 2. The number of likely N-dealkylation sites (N-methyl/N-ethyl adjacent to an activating group) is 1. The van der Waals surface area contributed by atoms with Crippen LogP contribution in [0.25, 0.3) is 0 Å². The van der Waals surface area contributed by atoms with E-state index < -0.39 is 0 Å². The van der Waals surface area contributed by atoms with Crippen LogP contribution in [-0.4, -0.2) is 45.0 Å². The number of hydrogen-bond acceptors (Lipinski definition) is 4. The van der Waals surface area contributed by atoms with E-state index in [4.69, 9.17) is 21.1 Å². The van der Waals surface area contributed by atoms with E-state index in [0.29, 0.717) is 11.5 Å². The molecule has 0 heterocycles. The smallest absolute Gasteiger partial charge is 0.166 e. The molecule has 0 spiro atoms. The Kier molecular flexibility index (Phi) is 9.47. The molecule has 0 aliphatic heterocycles. The van der Waals surface area contributed by atoms with Crippen molar-refractivity contribution in [1.82, 2.24) is 4.90 Å². The highest BCUT2D eigenvalue weighted by atomic mass is 35.5. The first-order valence-corrected chi connectivity index (χ1v) is 10.6. The molecule has 1 aliphatic rings. The molecule has 0 radical (unpaired) electrons. The number of carbonyl (C=O) groups is 1. The third-order valence-corrected chi connectivity index (χ3v) is 6.14.